The first-order valence-electron chi connectivity index (χ1n) is 10.1. The van der Waals surface area contributed by atoms with Crippen LogP contribution in [0.5, 0.6) is 0 Å². The van der Waals surface area contributed by atoms with E-state index in [1.165, 1.54) is 29.5 Å². The van der Waals surface area contributed by atoms with Gasteiger partial charge < -0.3 is 10.2 Å². The number of benzene rings is 1. The summed E-state index contributed by atoms with van der Waals surface area (Å²) in [4.78, 5) is 31.1. The van der Waals surface area contributed by atoms with Gasteiger partial charge in [0.05, 0.1) is 6.04 Å². The quantitative estimate of drug-likeness (QED) is 0.863. The van der Waals surface area contributed by atoms with Crippen molar-refractivity contribution in [3.05, 3.63) is 57.3 Å². The van der Waals surface area contributed by atoms with E-state index >= 15 is 0 Å². The molecule has 0 spiro atoms. The molecule has 1 fully saturated rings. The summed E-state index contributed by atoms with van der Waals surface area (Å²) < 4.78 is 1.43. The minimum Gasteiger partial charge on any atom is -0.372 e. The van der Waals surface area contributed by atoms with Crippen molar-refractivity contribution in [3.8, 4) is 0 Å². The standard InChI is InChI=1S/C22H30N4O2/c1-15-16(2)24-22(28)26(18(15)4)14-21(27)23-17(3)19-8-10-20(11-9-19)25-12-6-5-7-13-25/h8-11,17H,5-7,12-14H2,1-4H3,(H,23,27). The monoisotopic (exact) mass is 382 g/mol. The van der Waals surface area contributed by atoms with Gasteiger partial charge in [-0.3, -0.25) is 9.36 Å². The Labute approximate surface area is 166 Å². The van der Waals surface area contributed by atoms with E-state index in [2.05, 4.69) is 39.5 Å². The fraction of sp³-hybridized carbons (Fsp3) is 0.500. The van der Waals surface area contributed by atoms with Crippen LogP contribution in [0, 0.1) is 20.8 Å². The minimum atomic E-state index is -0.380. The Morgan fingerprint density at radius 3 is 2.39 bits per heavy atom. The van der Waals surface area contributed by atoms with Crippen molar-refractivity contribution in [1.82, 2.24) is 14.9 Å². The Morgan fingerprint density at radius 2 is 1.75 bits per heavy atom. The molecular weight excluding hydrogens is 352 g/mol. The molecule has 150 valence electrons. The zero-order valence-electron chi connectivity index (χ0n) is 17.3. The normalized spacial score (nSPS) is 15.4. The average molecular weight is 383 g/mol. The summed E-state index contributed by atoms with van der Waals surface area (Å²) in [6.45, 7) is 9.74. The molecule has 3 rings (SSSR count). The Hall–Kier alpha value is -2.63. The molecule has 1 aromatic heterocycles. The number of hydrogen-bond acceptors (Lipinski definition) is 4. The molecule has 6 heteroatoms. The summed E-state index contributed by atoms with van der Waals surface area (Å²) in [5, 5.41) is 2.99. The second-order valence-electron chi connectivity index (χ2n) is 7.70. The van der Waals surface area contributed by atoms with E-state index < -0.39 is 0 Å². The molecule has 0 radical (unpaired) electrons. The maximum absolute atomic E-state index is 12.5. The van der Waals surface area contributed by atoms with Crippen LogP contribution in [0.3, 0.4) is 0 Å². The molecule has 1 amide bonds. The van der Waals surface area contributed by atoms with Gasteiger partial charge in [0.25, 0.3) is 0 Å². The molecular formula is C22H30N4O2. The summed E-state index contributed by atoms with van der Waals surface area (Å²) in [5.41, 5.74) is 4.34. The fourth-order valence-corrected chi connectivity index (χ4v) is 3.72. The van der Waals surface area contributed by atoms with Crippen LogP contribution < -0.4 is 15.9 Å². The average Bonchev–Trinajstić information content (AvgIpc) is 2.70. The summed E-state index contributed by atoms with van der Waals surface area (Å²) >= 11 is 0. The zero-order valence-corrected chi connectivity index (χ0v) is 17.3. The third-order valence-electron chi connectivity index (χ3n) is 5.78. The molecule has 1 unspecified atom stereocenters. The molecule has 6 nitrogen and oxygen atoms in total. The van der Waals surface area contributed by atoms with Gasteiger partial charge in [0.2, 0.25) is 5.91 Å². The van der Waals surface area contributed by atoms with E-state index in [-0.39, 0.29) is 24.2 Å². The number of anilines is 1. The summed E-state index contributed by atoms with van der Waals surface area (Å²) in [7, 11) is 0. The minimum absolute atomic E-state index is 0.0189. The van der Waals surface area contributed by atoms with Gasteiger partial charge in [-0.05, 0) is 70.2 Å². The second-order valence-corrected chi connectivity index (χ2v) is 7.70. The predicted molar refractivity (Wildman–Crippen MR) is 112 cm³/mol. The number of rotatable bonds is 5. The van der Waals surface area contributed by atoms with Gasteiger partial charge in [0.15, 0.2) is 0 Å². The molecule has 2 aromatic rings. The highest BCUT2D eigenvalue weighted by Crippen LogP contribution is 2.22. The van der Waals surface area contributed by atoms with Crippen molar-refractivity contribution in [2.45, 2.75) is 59.5 Å². The Kier molecular flexibility index (Phi) is 6.17. The summed E-state index contributed by atoms with van der Waals surface area (Å²) in [5.74, 6) is -0.192. The molecule has 0 aliphatic carbocycles. The number of hydrogen-bond donors (Lipinski definition) is 1. The molecule has 1 N–H and O–H groups in total. The third-order valence-corrected chi connectivity index (χ3v) is 5.78. The number of carbonyl (C=O) groups excluding carboxylic acids is 1. The van der Waals surface area contributed by atoms with Crippen molar-refractivity contribution in [1.29, 1.82) is 0 Å². The summed E-state index contributed by atoms with van der Waals surface area (Å²) in [6, 6.07) is 8.28. The number of nitrogens with zero attached hydrogens (tertiary/aromatic N) is 3. The maximum atomic E-state index is 12.5. The van der Waals surface area contributed by atoms with Crippen molar-refractivity contribution in [2.24, 2.45) is 0 Å². The van der Waals surface area contributed by atoms with Gasteiger partial charge in [-0.25, -0.2) is 4.79 Å². The SMILES string of the molecule is Cc1nc(=O)n(CC(=O)NC(C)c2ccc(N3CCCCC3)cc2)c(C)c1C. The van der Waals surface area contributed by atoms with Crippen LogP contribution in [-0.2, 0) is 11.3 Å². The highest BCUT2D eigenvalue weighted by Gasteiger charge is 2.15. The Bertz CT molecular complexity index is 896. The van der Waals surface area contributed by atoms with E-state index in [9.17, 15) is 9.59 Å². The third kappa shape index (κ3) is 4.43. The first-order valence-corrected chi connectivity index (χ1v) is 10.1. The van der Waals surface area contributed by atoms with Crippen LogP contribution in [0.2, 0.25) is 0 Å². The van der Waals surface area contributed by atoms with Crippen LogP contribution in [0.4, 0.5) is 5.69 Å². The van der Waals surface area contributed by atoms with E-state index in [4.69, 9.17) is 0 Å². The molecule has 0 saturated carbocycles. The first kappa shape index (κ1) is 20.1. The van der Waals surface area contributed by atoms with Crippen molar-refractivity contribution >= 4 is 11.6 Å². The molecule has 1 saturated heterocycles. The lowest BCUT2D eigenvalue weighted by atomic mass is 10.1. The largest absolute Gasteiger partial charge is 0.372 e. The topological polar surface area (TPSA) is 67.2 Å². The summed E-state index contributed by atoms with van der Waals surface area (Å²) in [6.07, 6.45) is 3.82. The zero-order chi connectivity index (χ0) is 20.3. The molecule has 1 atom stereocenters. The molecule has 1 aliphatic rings. The van der Waals surface area contributed by atoms with Crippen LogP contribution in [0.15, 0.2) is 29.1 Å². The molecule has 1 aromatic carbocycles. The number of nitrogens with one attached hydrogen (secondary N) is 1. The van der Waals surface area contributed by atoms with E-state index in [1.54, 1.807) is 0 Å². The number of carbonyl (C=O) groups is 1. The molecule has 2 heterocycles. The van der Waals surface area contributed by atoms with Crippen molar-refractivity contribution in [3.63, 3.8) is 0 Å². The highest BCUT2D eigenvalue weighted by atomic mass is 16.2. The van der Waals surface area contributed by atoms with E-state index in [1.807, 2.05) is 27.7 Å². The van der Waals surface area contributed by atoms with Crippen LogP contribution in [0.1, 0.15) is 54.7 Å². The lowest BCUT2D eigenvalue weighted by Crippen LogP contribution is -2.36. The second kappa shape index (κ2) is 8.59. The van der Waals surface area contributed by atoms with Crippen LogP contribution in [0.25, 0.3) is 0 Å². The van der Waals surface area contributed by atoms with Crippen molar-refractivity contribution in [2.75, 3.05) is 18.0 Å². The van der Waals surface area contributed by atoms with Crippen LogP contribution in [-0.4, -0.2) is 28.5 Å². The number of amides is 1. The van der Waals surface area contributed by atoms with Gasteiger partial charge in [-0.15, -0.1) is 0 Å². The first-order chi connectivity index (χ1) is 13.4. The highest BCUT2D eigenvalue weighted by molar-refractivity contribution is 5.76. The smallest absolute Gasteiger partial charge is 0.348 e. The number of aromatic nitrogens is 2. The van der Waals surface area contributed by atoms with E-state index in [0.29, 0.717) is 5.69 Å². The lowest BCUT2D eigenvalue weighted by Gasteiger charge is -2.29. The molecule has 1 aliphatic heterocycles. The molecule has 0 bridgehead atoms. The van der Waals surface area contributed by atoms with Gasteiger partial charge >= 0.3 is 5.69 Å². The number of aryl methyl sites for hydroxylation is 1. The van der Waals surface area contributed by atoms with Gasteiger partial charge in [-0.1, -0.05) is 12.1 Å². The van der Waals surface area contributed by atoms with Crippen LogP contribution >= 0.6 is 0 Å². The maximum Gasteiger partial charge on any atom is 0.348 e. The van der Waals surface area contributed by atoms with Gasteiger partial charge in [0.1, 0.15) is 6.54 Å². The van der Waals surface area contributed by atoms with Gasteiger partial charge in [-0.2, -0.15) is 4.98 Å². The Balaban J connectivity index is 1.64. The fourth-order valence-electron chi connectivity index (χ4n) is 3.72. The van der Waals surface area contributed by atoms with E-state index in [0.717, 1.165) is 29.9 Å². The predicted octanol–water partition coefficient (Wildman–Crippen LogP) is 3.04. The van der Waals surface area contributed by atoms with Gasteiger partial charge in [0, 0.05) is 30.2 Å². The Morgan fingerprint density at radius 1 is 1.11 bits per heavy atom. The lowest BCUT2D eigenvalue weighted by molar-refractivity contribution is -0.122. The number of piperidine rings is 1. The molecule has 28 heavy (non-hydrogen) atoms. The van der Waals surface area contributed by atoms with Crippen molar-refractivity contribution < 1.29 is 4.79 Å².